The molecule has 0 saturated carbocycles. The van der Waals surface area contributed by atoms with Gasteiger partial charge in [0.2, 0.25) is 0 Å². The average molecular weight is 168 g/mol. The highest BCUT2D eigenvalue weighted by atomic mass is 33.1. The van der Waals surface area contributed by atoms with Crippen molar-refractivity contribution in [1.29, 1.82) is 0 Å². The van der Waals surface area contributed by atoms with Crippen LogP contribution >= 0.6 is 10.8 Å². The molecule has 3 nitrogen and oxygen atoms in total. The summed E-state index contributed by atoms with van der Waals surface area (Å²) in [6, 6.07) is 0. The molecule has 54 valence electrons. The summed E-state index contributed by atoms with van der Waals surface area (Å²) < 4.78 is 10.8. The minimum Gasteiger partial charge on any atom is -0.395 e. The van der Waals surface area contributed by atoms with Gasteiger partial charge < -0.3 is 10.2 Å². The van der Waals surface area contributed by atoms with Crippen LogP contribution in [0, 0.1) is 0 Å². The van der Waals surface area contributed by atoms with Crippen LogP contribution in [0.1, 0.15) is 0 Å². The molecule has 1 aliphatic rings. The van der Waals surface area contributed by atoms with Gasteiger partial charge >= 0.3 is 0 Å². The van der Waals surface area contributed by atoms with Crippen LogP contribution in [0.5, 0.6) is 0 Å². The quantitative estimate of drug-likeness (QED) is 0.499. The number of rotatable bonds is 1. The summed E-state index contributed by atoms with van der Waals surface area (Å²) in [6.45, 7) is -0.180. The van der Waals surface area contributed by atoms with E-state index < -0.39 is 21.2 Å². The monoisotopic (exact) mass is 168 g/mol. The Kier molecular flexibility index (Phi) is 2.51. The fraction of sp³-hybridized carbons (Fsp3) is 1.00. The fourth-order valence-corrected chi connectivity index (χ4v) is 3.83. The van der Waals surface area contributed by atoms with E-state index in [1.807, 2.05) is 0 Å². The van der Waals surface area contributed by atoms with E-state index in [1.165, 1.54) is 10.8 Å². The minimum absolute atomic E-state index is 0.180. The van der Waals surface area contributed by atoms with E-state index in [0.29, 0.717) is 5.75 Å². The fourth-order valence-electron chi connectivity index (χ4n) is 0.642. The Bertz CT molecular complexity index is 127. The Morgan fingerprint density at radius 3 is 2.67 bits per heavy atom. The molecule has 3 atom stereocenters. The van der Waals surface area contributed by atoms with Crippen molar-refractivity contribution < 1.29 is 14.4 Å². The number of aliphatic hydroxyl groups is 2. The maximum absolute atomic E-state index is 10.8. The third-order valence-corrected chi connectivity index (χ3v) is 4.73. The van der Waals surface area contributed by atoms with Gasteiger partial charge in [-0.25, -0.2) is 4.21 Å². The van der Waals surface area contributed by atoms with Crippen molar-refractivity contribution in [2.24, 2.45) is 0 Å². The Morgan fingerprint density at radius 2 is 2.44 bits per heavy atom. The van der Waals surface area contributed by atoms with E-state index in [-0.39, 0.29) is 6.61 Å². The third-order valence-electron chi connectivity index (χ3n) is 1.21. The van der Waals surface area contributed by atoms with Gasteiger partial charge in [0.1, 0.15) is 0 Å². The SMILES string of the molecule is O=[S@@]1SC[C@@H](O)[C@H]1CO. The second-order valence-corrected chi connectivity index (χ2v) is 5.22. The van der Waals surface area contributed by atoms with Crippen molar-refractivity contribution in [2.75, 3.05) is 12.4 Å². The molecule has 0 amide bonds. The molecule has 0 unspecified atom stereocenters. The van der Waals surface area contributed by atoms with Gasteiger partial charge in [-0.3, -0.25) is 0 Å². The molecular formula is C4H8O3S2. The summed E-state index contributed by atoms with van der Waals surface area (Å²) in [5.74, 6) is 0.484. The van der Waals surface area contributed by atoms with Crippen LogP contribution in [-0.2, 0) is 9.83 Å². The zero-order valence-corrected chi connectivity index (χ0v) is 6.32. The van der Waals surface area contributed by atoms with Crippen LogP contribution in [-0.4, -0.2) is 38.1 Å². The lowest BCUT2D eigenvalue weighted by Crippen LogP contribution is -2.27. The Labute approximate surface area is 59.3 Å². The molecule has 0 radical (unpaired) electrons. The highest BCUT2D eigenvalue weighted by Crippen LogP contribution is 2.25. The normalized spacial score (nSPS) is 43.6. The van der Waals surface area contributed by atoms with Gasteiger partial charge in [-0.2, -0.15) is 0 Å². The summed E-state index contributed by atoms with van der Waals surface area (Å²) in [5, 5.41) is 17.1. The van der Waals surface area contributed by atoms with Gasteiger partial charge in [-0.05, 0) is 0 Å². The summed E-state index contributed by atoms with van der Waals surface area (Å²) >= 11 is 0. The van der Waals surface area contributed by atoms with E-state index in [9.17, 15) is 4.21 Å². The van der Waals surface area contributed by atoms with Gasteiger partial charge in [0.25, 0.3) is 0 Å². The van der Waals surface area contributed by atoms with Crippen molar-refractivity contribution in [3.05, 3.63) is 0 Å². The van der Waals surface area contributed by atoms with Crippen LogP contribution in [0.15, 0.2) is 0 Å². The Hall–Kier alpha value is 0.420. The molecule has 1 saturated heterocycles. The largest absolute Gasteiger partial charge is 0.395 e. The van der Waals surface area contributed by atoms with Gasteiger partial charge in [0.05, 0.1) is 27.8 Å². The minimum atomic E-state index is -1.07. The summed E-state index contributed by atoms with van der Waals surface area (Å²) in [4.78, 5) is 0. The highest BCUT2D eigenvalue weighted by molar-refractivity contribution is 8.69. The van der Waals surface area contributed by atoms with Gasteiger partial charge in [-0.15, -0.1) is 0 Å². The first-order chi connectivity index (χ1) is 4.25. The van der Waals surface area contributed by atoms with E-state index in [4.69, 9.17) is 10.2 Å². The predicted octanol–water partition coefficient (Wildman–Crippen LogP) is -0.881. The Balaban J connectivity index is 2.55. The van der Waals surface area contributed by atoms with Crippen molar-refractivity contribution in [1.82, 2.24) is 0 Å². The second-order valence-electron chi connectivity index (χ2n) is 1.83. The topological polar surface area (TPSA) is 57.5 Å². The maximum Gasteiger partial charge on any atom is 0.0947 e. The number of hydrogen-bond donors (Lipinski definition) is 2. The first-order valence-corrected chi connectivity index (χ1v) is 5.30. The molecule has 0 aromatic rings. The number of hydrogen-bond acceptors (Lipinski definition) is 4. The Morgan fingerprint density at radius 1 is 1.78 bits per heavy atom. The van der Waals surface area contributed by atoms with Crippen LogP contribution in [0.4, 0.5) is 0 Å². The van der Waals surface area contributed by atoms with E-state index in [2.05, 4.69) is 0 Å². The molecule has 0 bridgehead atoms. The van der Waals surface area contributed by atoms with Crippen molar-refractivity contribution in [3.8, 4) is 0 Å². The van der Waals surface area contributed by atoms with Gasteiger partial charge in [-0.1, -0.05) is 10.8 Å². The lowest BCUT2D eigenvalue weighted by molar-refractivity contribution is 0.161. The molecule has 1 aliphatic heterocycles. The van der Waals surface area contributed by atoms with Crippen LogP contribution < -0.4 is 0 Å². The smallest absolute Gasteiger partial charge is 0.0947 e. The molecule has 0 spiro atoms. The lowest BCUT2D eigenvalue weighted by atomic mass is 10.3. The predicted molar refractivity (Wildman–Crippen MR) is 37.5 cm³/mol. The van der Waals surface area contributed by atoms with Crippen LogP contribution in [0.2, 0.25) is 0 Å². The standard InChI is InChI=1S/C4H8O3S2/c5-1-4-3(6)2-8-9(4)7/h3-6H,1-2H2/t3-,4-,9-/m1/s1. The lowest BCUT2D eigenvalue weighted by Gasteiger charge is -2.05. The summed E-state index contributed by atoms with van der Waals surface area (Å²) in [6.07, 6.45) is -0.583. The van der Waals surface area contributed by atoms with Crippen LogP contribution in [0.25, 0.3) is 0 Å². The molecule has 0 aliphatic carbocycles. The summed E-state index contributed by atoms with van der Waals surface area (Å²) in [7, 11) is 0.126. The molecule has 1 heterocycles. The first kappa shape index (κ1) is 7.53. The zero-order valence-electron chi connectivity index (χ0n) is 4.69. The van der Waals surface area contributed by atoms with Crippen molar-refractivity contribution in [2.45, 2.75) is 11.4 Å². The van der Waals surface area contributed by atoms with E-state index in [1.54, 1.807) is 0 Å². The molecule has 0 aromatic heterocycles. The summed E-state index contributed by atoms with van der Waals surface area (Å²) in [5.41, 5.74) is 0. The van der Waals surface area contributed by atoms with Crippen LogP contribution in [0.3, 0.4) is 0 Å². The molecule has 1 rings (SSSR count). The van der Waals surface area contributed by atoms with E-state index >= 15 is 0 Å². The maximum atomic E-state index is 10.8. The van der Waals surface area contributed by atoms with E-state index in [0.717, 1.165) is 0 Å². The molecule has 1 fully saturated rings. The van der Waals surface area contributed by atoms with Crippen molar-refractivity contribution >= 4 is 20.6 Å². The molecule has 5 heteroatoms. The highest BCUT2D eigenvalue weighted by Gasteiger charge is 2.32. The average Bonchev–Trinajstić information content (AvgIpc) is 2.12. The molecule has 0 aromatic carbocycles. The third kappa shape index (κ3) is 1.46. The molecular weight excluding hydrogens is 160 g/mol. The van der Waals surface area contributed by atoms with Gasteiger partial charge in [0.15, 0.2) is 0 Å². The second kappa shape index (κ2) is 3.01. The molecule has 2 N–H and O–H groups in total. The first-order valence-electron chi connectivity index (χ1n) is 2.58. The zero-order chi connectivity index (χ0) is 6.85. The molecule has 9 heavy (non-hydrogen) atoms. The van der Waals surface area contributed by atoms with Gasteiger partial charge in [0, 0.05) is 5.75 Å². The number of aliphatic hydroxyl groups excluding tert-OH is 2. The van der Waals surface area contributed by atoms with Crippen molar-refractivity contribution in [3.63, 3.8) is 0 Å².